The summed E-state index contributed by atoms with van der Waals surface area (Å²) in [6, 6.07) is 25.0. The molecule has 3 nitrogen and oxygen atoms in total. The number of rotatable bonds is 5. The second-order valence-electron chi connectivity index (χ2n) is 6.73. The van der Waals surface area contributed by atoms with Gasteiger partial charge >= 0.3 is 0 Å². The number of halogens is 2. The van der Waals surface area contributed by atoms with Crippen molar-refractivity contribution >= 4 is 43.4 Å². The van der Waals surface area contributed by atoms with E-state index in [4.69, 9.17) is 4.99 Å². The van der Waals surface area contributed by atoms with Crippen LogP contribution in [-0.4, -0.2) is 29.0 Å². The summed E-state index contributed by atoms with van der Waals surface area (Å²) in [4.78, 5) is 7.33. The van der Waals surface area contributed by atoms with Gasteiger partial charge in [-0.15, -0.1) is 0 Å². The second-order valence-corrected chi connectivity index (χ2v) is 8.56. The van der Waals surface area contributed by atoms with Crippen LogP contribution < -0.4 is 0 Å². The first-order valence-electron chi connectivity index (χ1n) is 9.24. The van der Waals surface area contributed by atoms with Gasteiger partial charge in [0.25, 0.3) is 0 Å². The number of hydrogen-bond donors (Lipinski definition) is 1. The van der Waals surface area contributed by atoms with E-state index < -0.39 is 0 Å². The summed E-state index contributed by atoms with van der Waals surface area (Å²) in [6.07, 6.45) is 0.683. The van der Waals surface area contributed by atoms with E-state index in [0.717, 1.165) is 32.6 Å². The van der Waals surface area contributed by atoms with Gasteiger partial charge in [0.2, 0.25) is 0 Å². The number of aliphatic imine (C=N–C) groups is 1. The molecule has 0 spiro atoms. The lowest BCUT2D eigenvalue weighted by Crippen LogP contribution is -2.39. The van der Waals surface area contributed by atoms with Crippen molar-refractivity contribution < 1.29 is 5.11 Å². The third-order valence-electron chi connectivity index (χ3n) is 4.87. The molecule has 3 aromatic rings. The molecular formula is C23H20Br2N2O. The highest BCUT2D eigenvalue weighted by Gasteiger charge is 2.31. The Morgan fingerprint density at radius 1 is 0.893 bits per heavy atom. The minimum Gasteiger partial charge on any atom is -0.396 e. The zero-order chi connectivity index (χ0) is 19.5. The minimum atomic E-state index is 0.0383. The molecule has 1 aliphatic rings. The lowest BCUT2D eigenvalue weighted by Gasteiger charge is -2.39. The van der Waals surface area contributed by atoms with Crippen LogP contribution in [0.4, 0.5) is 5.69 Å². The Balaban J connectivity index is 1.91. The van der Waals surface area contributed by atoms with Gasteiger partial charge in [-0.1, -0.05) is 74.3 Å². The van der Waals surface area contributed by atoms with E-state index in [-0.39, 0.29) is 12.6 Å². The van der Waals surface area contributed by atoms with Crippen molar-refractivity contribution in [3.8, 4) is 0 Å². The van der Waals surface area contributed by atoms with Crippen LogP contribution in [-0.2, 0) is 0 Å². The van der Waals surface area contributed by atoms with Gasteiger partial charge in [0.15, 0.2) is 0 Å². The van der Waals surface area contributed by atoms with Crippen LogP contribution in [0.5, 0.6) is 0 Å². The maximum atomic E-state index is 9.51. The van der Waals surface area contributed by atoms with Gasteiger partial charge in [-0.05, 0) is 42.3 Å². The van der Waals surface area contributed by atoms with E-state index in [2.05, 4.69) is 85.3 Å². The van der Waals surface area contributed by atoms with Crippen LogP contribution in [0.2, 0.25) is 0 Å². The fourth-order valence-electron chi connectivity index (χ4n) is 3.61. The normalized spacial score (nSPS) is 15.9. The summed E-state index contributed by atoms with van der Waals surface area (Å²) in [7, 11) is 0. The van der Waals surface area contributed by atoms with Crippen LogP contribution in [0.3, 0.4) is 0 Å². The SMILES string of the molecule is OCCCN1C(c2ccc(Br)cc2)=Nc2ccc(Br)cc2C1c1ccccc1. The summed E-state index contributed by atoms with van der Waals surface area (Å²) in [5, 5.41) is 9.51. The van der Waals surface area contributed by atoms with Gasteiger partial charge in [0, 0.05) is 33.2 Å². The predicted octanol–water partition coefficient (Wildman–Crippen LogP) is 6.08. The Kier molecular flexibility index (Phi) is 5.95. The average Bonchev–Trinajstić information content (AvgIpc) is 2.72. The van der Waals surface area contributed by atoms with Gasteiger partial charge in [-0.2, -0.15) is 0 Å². The molecule has 1 N–H and O–H groups in total. The summed E-state index contributed by atoms with van der Waals surface area (Å²) in [5.41, 5.74) is 4.43. The molecule has 1 atom stereocenters. The van der Waals surface area contributed by atoms with Crippen molar-refractivity contribution in [3.05, 3.63) is 98.4 Å². The molecule has 4 rings (SSSR count). The first kappa shape index (κ1) is 19.4. The van der Waals surface area contributed by atoms with E-state index in [9.17, 15) is 5.11 Å². The van der Waals surface area contributed by atoms with Gasteiger partial charge in [-0.25, -0.2) is 4.99 Å². The Labute approximate surface area is 182 Å². The Hall–Kier alpha value is -1.95. The summed E-state index contributed by atoms with van der Waals surface area (Å²) in [5.74, 6) is 0.935. The van der Waals surface area contributed by atoms with Crippen molar-refractivity contribution in [3.63, 3.8) is 0 Å². The molecule has 1 heterocycles. The number of amidine groups is 1. The van der Waals surface area contributed by atoms with Crippen molar-refractivity contribution in [2.24, 2.45) is 4.99 Å². The monoisotopic (exact) mass is 498 g/mol. The third kappa shape index (κ3) is 3.93. The molecule has 0 saturated heterocycles. The smallest absolute Gasteiger partial charge is 0.137 e. The first-order valence-corrected chi connectivity index (χ1v) is 10.8. The van der Waals surface area contributed by atoms with E-state index in [0.29, 0.717) is 6.42 Å². The Morgan fingerprint density at radius 3 is 2.32 bits per heavy atom. The largest absolute Gasteiger partial charge is 0.396 e. The maximum Gasteiger partial charge on any atom is 0.137 e. The fourth-order valence-corrected chi connectivity index (χ4v) is 4.26. The number of benzene rings is 3. The molecule has 5 heteroatoms. The van der Waals surface area contributed by atoms with Crippen LogP contribution in [0, 0.1) is 0 Å². The highest BCUT2D eigenvalue weighted by atomic mass is 79.9. The highest BCUT2D eigenvalue weighted by Crippen LogP contribution is 2.41. The lowest BCUT2D eigenvalue weighted by atomic mass is 9.92. The molecule has 1 aliphatic heterocycles. The Bertz CT molecular complexity index is 987. The van der Waals surface area contributed by atoms with Crippen molar-refractivity contribution in [2.75, 3.05) is 13.2 Å². The standard InChI is InChI=1S/C23H20Br2N2O/c24-18-9-7-17(8-10-18)23-26-21-12-11-19(25)15-20(21)22(27(23)13-4-14-28)16-5-2-1-3-6-16/h1-3,5-12,15,22,28H,4,13-14H2. The van der Waals surface area contributed by atoms with Crippen LogP contribution >= 0.6 is 31.9 Å². The maximum absolute atomic E-state index is 9.51. The topological polar surface area (TPSA) is 35.8 Å². The summed E-state index contributed by atoms with van der Waals surface area (Å²) < 4.78 is 2.08. The first-order chi connectivity index (χ1) is 13.7. The molecule has 0 aliphatic carbocycles. The molecule has 0 amide bonds. The average molecular weight is 500 g/mol. The molecule has 28 heavy (non-hydrogen) atoms. The van der Waals surface area contributed by atoms with Gasteiger partial charge in [0.1, 0.15) is 5.84 Å². The van der Waals surface area contributed by atoms with E-state index >= 15 is 0 Å². The number of aliphatic hydroxyl groups excluding tert-OH is 1. The minimum absolute atomic E-state index is 0.0383. The second kappa shape index (κ2) is 8.60. The summed E-state index contributed by atoms with van der Waals surface area (Å²) in [6.45, 7) is 0.869. The van der Waals surface area contributed by atoms with Crippen LogP contribution in [0.15, 0.2) is 86.7 Å². The molecule has 0 aromatic heterocycles. The Morgan fingerprint density at radius 2 is 1.61 bits per heavy atom. The highest BCUT2D eigenvalue weighted by molar-refractivity contribution is 9.10. The van der Waals surface area contributed by atoms with Crippen molar-refractivity contribution in [1.82, 2.24) is 4.90 Å². The molecule has 0 fully saturated rings. The van der Waals surface area contributed by atoms with Gasteiger partial charge in [-0.3, -0.25) is 0 Å². The molecule has 142 valence electrons. The van der Waals surface area contributed by atoms with E-state index in [1.165, 1.54) is 11.1 Å². The quantitative estimate of drug-likeness (QED) is 0.462. The summed E-state index contributed by atoms with van der Waals surface area (Å²) >= 11 is 7.14. The predicted molar refractivity (Wildman–Crippen MR) is 121 cm³/mol. The molecular weight excluding hydrogens is 480 g/mol. The van der Waals surface area contributed by atoms with Crippen LogP contribution in [0.1, 0.15) is 29.2 Å². The zero-order valence-corrected chi connectivity index (χ0v) is 18.4. The van der Waals surface area contributed by atoms with Crippen LogP contribution in [0.25, 0.3) is 0 Å². The molecule has 1 unspecified atom stereocenters. The zero-order valence-electron chi connectivity index (χ0n) is 15.2. The van der Waals surface area contributed by atoms with Gasteiger partial charge in [0.05, 0.1) is 11.7 Å². The van der Waals surface area contributed by atoms with E-state index in [1.807, 2.05) is 24.3 Å². The number of nitrogens with zero attached hydrogens (tertiary/aromatic N) is 2. The molecule has 0 bridgehead atoms. The third-order valence-corrected chi connectivity index (χ3v) is 5.89. The van der Waals surface area contributed by atoms with Crippen molar-refractivity contribution in [2.45, 2.75) is 12.5 Å². The number of fused-ring (bicyclic) bond motifs is 1. The van der Waals surface area contributed by atoms with Crippen molar-refractivity contribution in [1.29, 1.82) is 0 Å². The molecule has 0 radical (unpaired) electrons. The van der Waals surface area contributed by atoms with E-state index in [1.54, 1.807) is 0 Å². The fraction of sp³-hybridized carbons (Fsp3) is 0.174. The van der Waals surface area contributed by atoms with Gasteiger partial charge < -0.3 is 10.0 Å². The molecule has 0 saturated carbocycles. The molecule has 3 aromatic carbocycles. The number of aliphatic hydroxyl groups is 1. The lowest BCUT2D eigenvalue weighted by molar-refractivity contribution is 0.254. The number of hydrogen-bond acceptors (Lipinski definition) is 3.